The second-order valence-electron chi connectivity index (χ2n) is 3.05. The van der Waals surface area contributed by atoms with Gasteiger partial charge in [0.05, 0.1) is 6.04 Å². The first kappa shape index (κ1) is 11.8. The normalized spacial score (nSPS) is 13.1. The maximum atomic E-state index is 11.2. The molecule has 0 saturated carbocycles. The molecule has 0 spiro atoms. The van der Waals surface area contributed by atoms with Gasteiger partial charge in [-0.3, -0.25) is 4.79 Å². The van der Waals surface area contributed by atoms with Crippen molar-refractivity contribution in [1.82, 2.24) is 5.32 Å². The van der Waals surface area contributed by atoms with Gasteiger partial charge in [0.1, 0.15) is 0 Å². The Bertz CT molecular complexity index is 139. The number of nitrogens with one attached hydrogen (secondary N) is 1. The van der Waals surface area contributed by atoms with E-state index >= 15 is 0 Å². The fraction of sp³-hybridized carbons (Fsp3) is 0.875. The molecular weight excluding hydrogens is 172 g/mol. The van der Waals surface area contributed by atoms with E-state index in [4.69, 9.17) is 5.73 Å². The molecule has 3 N–H and O–H groups in total. The Balaban J connectivity index is 3.57. The van der Waals surface area contributed by atoms with Crippen LogP contribution < -0.4 is 11.1 Å². The van der Waals surface area contributed by atoms with Crippen LogP contribution in [0.2, 0.25) is 0 Å². The number of carbonyl (C=O) groups excluding carboxylic acids is 1. The summed E-state index contributed by atoms with van der Waals surface area (Å²) in [7, 11) is 0. The van der Waals surface area contributed by atoms with Gasteiger partial charge in [-0.25, -0.2) is 0 Å². The van der Waals surface area contributed by atoms with Gasteiger partial charge in [-0.05, 0) is 12.2 Å². The van der Waals surface area contributed by atoms with E-state index in [2.05, 4.69) is 5.32 Å². The fourth-order valence-electron chi connectivity index (χ4n) is 0.697. The Morgan fingerprint density at radius 2 is 2.17 bits per heavy atom. The molecule has 0 rings (SSSR count). The second kappa shape index (κ2) is 6.31. The predicted octanol–water partition coefficient (Wildman–Crippen LogP) is 0.449. The van der Waals surface area contributed by atoms with Gasteiger partial charge in [-0.2, -0.15) is 11.8 Å². The van der Waals surface area contributed by atoms with Crippen LogP contribution in [0.5, 0.6) is 0 Å². The Labute approximate surface area is 78.5 Å². The molecule has 0 aliphatic heterocycles. The summed E-state index contributed by atoms with van der Waals surface area (Å²) in [4.78, 5) is 11.2. The lowest BCUT2D eigenvalue weighted by Gasteiger charge is -2.14. The van der Waals surface area contributed by atoms with E-state index in [1.54, 1.807) is 11.8 Å². The third-order valence-corrected chi connectivity index (χ3v) is 2.24. The lowest BCUT2D eigenvalue weighted by atomic mass is 10.1. The maximum absolute atomic E-state index is 11.2. The van der Waals surface area contributed by atoms with Crippen LogP contribution in [0.1, 0.15) is 13.8 Å². The summed E-state index contributed by atoms with van der Waals surface area (Å²) in [5.41, 5.74) is 5.62. The van der Waals surface area contributed by atoms with Crippen molar-refractivity contribution in [3.05, 3.63) is 0 Å². The van der Waals surface area contributed by atoms with Crippen LogP contribution in [0.3, 0.4) is 0 Å². The summed E-state index contributed by atoms with van der Waals surface area (Å²) < 4.78 is 0. The zero-order valence-electron chi connectivity index (χ0n) is 7.96. The molecule has 0 aromatic rings. The van der Waals surface area contributed by atoms with E-state index in [0.29, 0.717) is 6.54 Å². The number of thioether (sulfide) groups is 1. The smallest absolute Gasteiger partial charge is 0.237 e. The van der Waals surface area contributed by atoms with Crippen molar-refractivity contribution in [3.8, 4) is 0 Å². The summed E-state index contributed by atoms with van der Waals surface area (Å²) in [6, 6.07) is -0.369. The van der Waals surface area contributed by atoms with Crippen molar-refractivity contribution < 1.29 is 4.79 Å². The highest BCUT2D eigenvalue weighted by Crippen LogP contribution is 1.97. The lowest BCUT2D eigenvalue weighted by molar-refractivity contribution is -0.123. The molecule has 0 aromatic carbocycles. The summed E-state index contributed by atoms with van der Waals surface area (Å²) in [6.07, 6.45) is 2.01. The van der Waals surface area contributed by atoms with E-state index < -0.39 is 0 Å². The molecular formula is C8H18N2OS. The zero-order valence-corrected chi connectivity index (χ0v) is 8.78. The van der Waals surface area contributed by atoms with Gasteiger partial charge in [0, 0.05) is 12.3 Å². The van der Waals surface area contributed by atoms with Crippen LogP contribution >= 0.6 is 11.8 Å². The highest BCUT2D eigenvalue weighted by atomic mass is 32.2. The first-order valence-corrected chi connectivity index (χ1v) is 5.51. The summed E-state index contributed by atoms with van der Waals surface area (Å²) in [5.74, 6) is 1.11. The van der Waals surface area contributed by atoms with Gasteiger partial charge >= 0.3 is 0 Å². The predicted molar refractivity (Wildman–Crippen MR) is 54.2 cm³/mol. The number of carbonyl (C=O) groups is 1. The molecule has 0 radical (unpaired) electrons. The first-order chi connectivity index (χ1) is 5.59. The monoisotopic (exact) mass is 190 g/mol. The van der Waals surface area contributed by atoms with E-state index in [9.17, 15) is 4.79 Å². The molecule has 0 aliphatic carbocycles. The number of hydrogen-bond acceptors (Lipinski definition) is 3. The van der Waals surface area contributed by atoms with E-state index in [0.717, 1.165) is 5.75 Å². The average Bonchev–Trinajstić information content (AvgIpc) is 2.03. The number of rotatable bonds is 5. The van der Waals surface area contributed by atoms with Crippen molar-refractivity contribution in [2.45, 2.75) is 19.9 Å². The van der Waals surface area contributed by atoms with Crippen molar-refractivity contribution in [2.75, 3.05) is 18.6 Å². The van der Waals surface area contributed by atoms with E-state index in [1.165, 1.54) is 0 Å². The molecule has 1 amide bonds. The lowest BCUT2D eigenvalue weighted by Crippen LogP contribution is -2.44. The van der Waals surface area contributed by atoms with Crippen molar-refractivity contribution >= 4 is 17.7 Å². The largest absolute Gasteiger partial charge is 0.354 e. The molecule has 0 heterocycles. The average molecular weight is 190 g/mol. The van der Waals surface area contributed by atoms with Crippen molar-refractivity contribution in [1.29, 1.82) is 0 Å². The minimum Gasteiger partial charge on any atom is -0.354 e. The van der Waals surface area contributed by atoms with Crippen molar-refractivity contribution in [2.24, 2.45) is 11.7 Å². The SMILES string of the molecule is CSCCNC(=O)[C@@H](N)C(C)C. The Morgan fingerprint density at radius 1 is 1.58 bits per heavy atom. The van der Waals surface area contributed by atoms with Gasteiger partial charge in [0.15, 0.2) is 0 Å². The van der Waals surface area contributed by atoms with E-state index in [1.807, 2.05) is 20.1 Å². The number of hydrogen-bond donors (Lipinski definition) is 2. The molecule has 0 aliphatic rings. The van der Waals surface area contributed by atoms with Gasteiger partial charge in [-0.15, -0.1) is 0 Å². The van der Waals surface area contributed by atoms with E-state index in [-0.39, 0.29) is 17.9 Å². The Kier molecular flexibility index (Phi) is 6.20. The topological polar surface area (TPSA) is 55.1 Å². The van der Waals surface area contributed by atoms with Gasteiger partial charge in [0.2, 0.25) is 5.91 Å². The van der Waals surface area contributed by atoms with Crippen LogP contribution in [0, 0.1) is 5.92 Å². The maximum Gasteiger partial charge on any atom is 0.237 e. The Hall–Kier alpha value is -0.220. The molecule has 0 unspecified atom stereocenters. The van der Waals surface area contributed by atoms with Gasteiger partial charge in [-0.1, -0.05) is 13.8 Å². The third kappa shape index (κ3) is 4.62. The highest BCUT2D eigenvalue weighted by molar-refractivity contribution is 7.98. The molecule has 0 fully saturated rings. The van der Waals surface area contributed by atoms with Crippen LogP contribution in [0.4, 0.5) is 0 Å². The number of amides is 1. The van der Waals surface area contributed by atoms with Gasteiger partial charge < -0.3 is 11.1 Å². The van der Waals surface area contributed by atoms with Crippen molar-refractivity contribution in [3.63, 3.8) is 0 Å². The van der Waals surface area contributed by atoms with Gasteiger partial charge in [0.25, 0.3) is 0 Å². The molecule has 72 valence electrons. The second-order valence-corrected chi connectivity index (χ2v) is 4.04. The summed E-state index contributed by atoms with van der Waals surface area (Å²) in [5, 5.41) is 2.78. The quantitative estimate of drug-likeness (QED) is 0.619. The first-order valence-electron chi connectivity index (χ1n) is 4.11. The zero-order chi connectivity index (χ0) is 9.56. The molecule has 0 saturated heterocycles. The van der Waals surface area contributed by atoms with Crippen LogP contribution in [-0.4, -0.2) is 30.5 Å². The standard InChI is InChI=1S/C8H18N2OS/c1-6(2)7(9)8(11)10-4-5-12-3/h6-7H,4-5,9H2,1-3H3,(H,10,11)/t7-/m0/s1. The molecule has 12 heavy (non-hydrogen) atoms. The molecule has 4 heteroatoms. The molecule has 0 bridgehead atoms. The molecule has 1 atom stereocenters. The Morgan fingerprint density at radius 3 is 2.58 bits per heavy atom. The van der Waals surface area contributed by atoms with Crippen LogP contribution in [0.15, 0.2) is 0 Å². The minimum atomic E-state index is -0.369. The fourth-order valence-corrected chi connectivity index (χ4v) is 1.00. The summed E-state index contributed by atoms with van der Waals surface area (Å²) >= 11 is 1.71. The molecule has 3 nitrogen and oxygen atoms in total. The minimum absolute atomic E-state index is 0.0425. The van der Waals surface area contributed by atoms with Crippen LogP contribution in [0.25, 0.3) is 0 Å². The molecule has 0 aromatic heterocycles. The third-order valence-electron chi connectivity index (χ3n) is 1.63. The summed E-state index contributed by atoms with van der Waals surface area (Å²) in [6.45, 7) is 4.60. The number of nitrogens with two attached hydrogens (primary N) is 1. The highest BCUT2D eigenvalue weighted by Gasteiger charge is 2.15. The van der Waals surface area contributed by atoms with Crippen LogP contribution in [-0.2, 0) is 4.79 Å².